The summed E-state index contributed by atoms with van der Waals surface area (Å²) < 4.78 is 6.00. The smallest absolute Gasteiger partial charge is 0.323 e. The molecule has 2 aromatic rings. The van der Waals surface area contributed by atoms with Gasteiger partial charge in [0, 0.05) is 15.6 Å². The van der Waals surface area contributed by atoms with Crippen LogP contribution in [0.2, 0.25) is 10.0 Å². The molecule has 144 valence electrons. The molecule has 1 fully saturated rings. The fraction of sp³-hybridized carbons (Fsp3) is 0.105. The maximum absolute atomic E-state index is 12.3. The van der Waals surface area contributed by atoms with Gasteiger partial charge in [0.05, 0.1) is 4.91 Å². The summed E-state index contributed by atoms with van der Waals surface area (Å²) in [5.41, 5.74) is 1.53. The van der Waals surface area contributed by atoms with Gasteiger partial charge in [0.25, 0.3) is 5.91 Å². The number of carboxylic acids is 1. The molecule has 2 aromatic carbocycles. The number of carbonyl (C=O) groups excluding carboxylic acids is 1. The van der Waals surface area contributed by atoms with Crippen LogP contribution in [-0.4, -0.2) is 32.7 Å². The Bertz CT molecular complexity index is 994. The minimum Gasteiger partial charge on any atom is -0.489 e. The maximum atomic E-state index is 12.3. The molecule has 5 nitrogen and oxygen atoms in total. The number of rotatable bonds is 6. The highest BCUT2D eigenvalue weighted by Gasteiger charge is 2.33. The van der Waals surface area contributed by atoms with Crippen LogP contribution in [0.3, 0.4) is 0 Å². The van der Waals surface area contributed by atoms with Crippen molar-refractivity contribution in [3.8, 4) is 5.75 Å². The largest absolute Gasteiger partial charge is 0.489 e. The summed E-state index contributed by atoms with van der Waals surface area (Å²) in [6.45, 7) is -0.187. The van der Waals surface area contributed by atoms with Crippen molar-refractivity contribution in [2.75, 3.05) is 6.54 Å². The molecule has 3 rings (SSSR count). The van der Waals surface area contributed by atoms with Gasteiger partial charge in [0.15, 0.2) is 0 Å². The van der Waals surface area contributed by atoms with Crippen molar-refractivity contribution < 1.29 is 19.4 Å². The van der Waals surface area contributed by atoms with Crippen LogP contribution in [0.1, 0.15) is 11.1 Å². The van der Waals surface area contributed by atoms with E-state index in [2.05, 4.69) is 0 Å². The Kier molecular flexibility index (Phi) is 6.61. The number of carbonyl (C=O) groups is 2. The van der Waals surface area contributed by atoms with E-state index in [0.717, 1.165) is 27.8 Å². The Balaban J connectivity index is 1.73. The Morgan fingerprint density at radius 3 is 2.75 bits per heavy atom. The van der Waals surface area contributed by atoms with Crippen LogP contribution in [0.5, 0.6) is 5.75 Å². The molecule has 28 heavy (non-hydrogen) atoms. The van der Waals surface area contributed by atoms with Gasteiger partial charge >= 0.3 is 5.97 Å². The molecule has 0 radical (unpaired) electrons. The summed E-state index contributed by atoms with van der Waals surface area (Å²) in [6.07, 6.45) is 1.66. The molecule has 0 bridgehead atoms. The molecule has 9 heteroatoms. The summed E-state index contributed by atoms with van der Waals surface area (Å²) in [6, 6.07) is 12.3. The summed E-state index contributed by atoms with van der Waals surface area (Å²) in [7, 11) is 0. The molecule has 0 spiro atoms. The van der Waals surface area contributed by atoms with E-state index >= 15 is 0 Å². The van der Waals surface area contributed by atoms with E-state index in [0.29, 0.717) is 20.7 Å². The highest BCUT2D eigenvalue weighted by molar-refractivity contribution is 8.26. The monoisotopic (exact) mass is 453 g/mol. The first-order chi connectivity index (χ1) is 13.3. The van der Waals surface area contributed by atoms with E-state index in [-0.39, 0.29) is 10.9 Å². The Morgan fingerprint density at radius 1 is 1.25 bits per heavy atom. The maximum Gasteiger partial charge on any atom is 0.323 e. The number of aliphatic carboxylic acids is 1. The topological polar surface area (TPSA) is 66.8 Å². The fourth-order valence-electron chi connectivity index (χ4n) is 2.42. The highest BCUT2D eigenvalue weighted by Crippen LogP contribution is 2.33. The summed E-state index contributed by atoms with van der Waals surface area (Å²) >= 11 is 18.2. The lowest BCUT2D eigenvalue weighted by atomic mass is 10.2. The van der Waals surface area contributed by atoms with Crippen LogP contribution in [0.4, 0.5) is 0 Å². The molecule has 1 aliphatic heterocycles. The zero-order valence-electron chi connectivity index (χ0n) is 14.2. The highest BCUT2D eigenvalue weighted by atomic mass is 35.5. The Hall–Kier alpha value is -2.06. The number of ether oxygens (including phenoxy) is 1. The van der Waals surface area contributed by atoms with Gasteiger partial charge in [-0.3, -0.25) is 14.5 Å². The number of carboxylic acid groups (broad SMARTS) is 1. The second kappa shape index (κ2) is 8.96. The van der Waals surface area contributed by atoms with Crippen molar-refractivity contribution >= 4 is 69.5 Å². The Morgan fingerprint density at radius 2 is 2.04 bits per heavy atom. The van der Waals surface area contributed by atoms with Gasteiger partial charge < -0.3 is 9.84 Å². The molecule has 1 amide bonds. The van der Waals surface area contributed by atoms with Crippen LogP contribution in [-0.2, 0) is 16.2 Å². The second-order valence-electron chi connectivity index (χ2n) is 5.76. The van der Waals surface area contributed by atoms with Crippen molar-refractivity contribution in [1.29, 1.82) is 0 Å². The Labute approximate surface area is 180 Å². The molecule has 0 atom stereocenters. The number of hydrogen-bond acceptors (Lipinski definition) is 5. The molecular formula is C19H13Cl2NO4S2. The van der Waals surface area contributed by atoms with E-state index in [1.54, 1.807) is 42.5 Å². The average Bonchev–Trinajstić information content (AvgIpc) is 2.88. The van der Waals surface area contributed by atoms with E-state index in [1.165, 1.54) is 0 Å². The van der Waals surface area contributed by atoms with Gasteiger partial charge in [-0.05, 0) is 35.9 Å². The first-order valence-electron chi connectivity index (χ1n) is 7.97. The number of benzene rings is 2. The molecule has 1 saturated heterocycles. The third-order valence-corrected chi connectivity index (χ3v) is 5.70. The predicted octanol–water partition coefficient (Wildman–Crippen LogP) is 4.86. The first-order valence-corrected chi connectivity index (χ1v) is 9.95. The van der Waals surface area contributed by atoms with Crippen molar-refractivity contribution in [2.45, 2.75) is 6.61 Å². The van der Waals surface area contributed by atoms with E-state index in [1.807, 2.05) is 6.07 Å². The van der Waals surface area contributed by atoms with Crippen molar-refractivity contribution in [2.24, 2.45) is 0 Å². The lowest BCUT2D eigenvalue weighted by Crippen LogP contribution is -2.33. The van der Waals surface area contributed by atoms with Gasteiger partial charge in [-0.15, -0.1) is 0 Å². The van der Waals surface area contributed by atoms with E-state index < -0.39 is 18.4 Å². The van der Waals surface area contributed by atoms with Gasteiger partial charge in [-0.2, -0.15) is 0 Å². The molecular weight excluding hydrogens is 441 g/mol. The van der Waals surface area contributed by atoms with E-state index in [9.17, 15) is 9.59 Å². The van der Waals surface area contributed by atoms with Gasteiger partial charge in [0.2, 0.25) is 0 Å². The zero-order valence-corrected chi connectivity index (χ0v) is 17.4. The van der Waals surface area contributed by atoms with Crippen LogP contribution < -0.4 is 4.74 Å². The number of amides is 1. The summed E-state index contributed by atoms with van der Waals surface area (Å²) in [4.78, 5) is 24.6. The van der Waals surface area contributed by atoms with E-state index in [4.69, 9.17) is 45.3 Å². The van der Waals surface area contributed by atoms with Crippen LogP contribution >= 0.6 is 47.2 Å². The number of thioether (sulfide) groups is 1. The van der Waals surface area contributed by atoms with Crippen molar-refractivity contribution in [3.05, 3.63) is 68.5 Å². The standard InChI is InChI=1S/C19H13Cl2NO4S2/c20-13-5-4-12(15(21)8-13)10-26-14-3-1-2-11(6-14)7-16-18(25)22(9-17(23)24)19(27)28-16/h1-8H,9-10H2,(H,23,24)/b16-7+. The molecule has 0 aliphatic carbocycles. The average molecular weight is 454 g/mol. The van der Waals surface area contributed by atoms with Gasteiger partial charge in [-0.1, -0.05) is 65.4 Å². The minimum atomic E-state index is -1.12. The number of thiocarbonyl (C=S) groups is 1. The minimum absolute atomic E-state index is 0.225. The molecule has 1 N–H and O–H groups in total. The molecule has 1 heterocycles. The lowest BCUT2D eigenvalue weighted by Gasteiger charge is -2.10. The van der Waals surface area contributed by atoms with Crippen LogP contribution in [0, 0.1) is 0 Å². The molecule has 0 unspecified atom stereocenters. The molecule has 0 saturated carbocycles. The quantitative estimate of drug-likeness (QED) is 0.497. The number of hydrogen-bond donors (Lipinski definition) is 1. The van der Waals surface area contributed by atoms with Gasteiger partial charge in [-0.25, -0.2) is 0 Å². The molecule has 1 aliphatic rings. The normalized spacial score (nSPS) is 15.4. The number of halogens is 2. The zero-order chi connectivity index (χ0) is 20.3. The third-order valence-electron chi connectivity index (χ3n) is 3.73. The third kappa shape index (κ3) is 5.05. The lowest BCUT2D eigenvalue weighted by molar-refractivity contribution is -0.140. The SMILES string of the molecule is O=C(O)CN1C(=O)/C(=C\c2cccc(OCc3ccc(Cl)cc3Cl)c2)SC1=S. The van der Waals surface area contributed by atoms with Crippen molar-refractivity contribution in [3.63, 3.8) is 0 Å². The van der Waals surface area contributed by atoms with Gasteiger partial charge in [0.1, 0.15) is 23.2 Å². The van der Waals surface area contributed by atoms with Crippen LogP contribution in [0.25, 0.3) is 6.08 Å². The number of nitrogens with zero attached hydrogens (tertiary/aromatic N) is 1. The second-order valence-corrected chi connectivity index (χ2v) is 8.28. The predicted molar refractivity (Wildman–Crippen MR) is 115 cm³/mol. The summed E-state index contributed by atoms with van der Waals surface area (Å²) in [5.74, 6) is -0.939. The summed E-state index contributed by atoms with van der Waals surface area (Å²) in [5, 5.41) is 9.97. The fourth-order valence-corrected chi connectivity index (χ4v) is 4.14. The van der Waals surface area contributed by atoms with Crippen LogP contribution in [0.15, 0.2) is 47.4 Å². The molecule has 0 aromatic heterocycles. The van der Waals surface area contributed by atoms with Crippen molar-refractivity contribution in [1.82, 2.24) is 4.90 Å². The first kappa shape index (κ1) is 20.7.